The van der Waals surface area contributed by atoms with Gasteiger partial charge in [0, 0.05) is 38.8 Å². The fraction of sp³-hybridized carbons (Fsp3) is 0.611. The molecule has 7 heteroatoms. The van der Waals surface area contributed by atoms with E-state index in [1.165, 1.54) is 0 Å². The SMILES string of the molecule is CCN(Cc1ccc2c(c1)OCO2)C(=O)NC[C@H](C)N1CCOCC1. The van der Waals surface area contributed by atoms with Gasteiger partial charge in [0.1, 0.15) is 0 Å². The normalized spacial score (nSPS) is 18.0. The topological polar surface area (TPSA) is 63.3 Å². The molecule has 0 aliphatic carbocycles. The molecular weight excluding hydrogens is 322 g/mol. The molecule has 7 nitrogen and oxygen atoms in total. The lowest BCUT2D eigenvalue weighted by Gasteiger charge is -2.33. The van der Waals surface area contributed by atoms with E-state index in [0.29, 0.717) is 25.7 Å². The molecule has 1 fully saturated rings. The van der Waals surface area contributed by atoms with E-state index in [9.17, 15) is 4.79 Å². The van der Waals surface area contributed by atoms with Crippen LogP contribution < -0.4 is 14.8 Å². The molecule has 2 amide bonds. The first-order valence-electron chi connectivity index (χ1n) is 8.90. The molecular formula is C18H27N3O4. The molecule has 0 bridgehead atoms. The van der Waals surface area contributed by atoms with Crippen molar-refractivity contribution < 1.29 is 19.0 Å². The molecule has 2 aliphatic rings. The molecule has 138 valence electrons. The van der Waals surface area contributed by atoms with Crippen molar-refractivity contribution in [2.24, 2.45) is 0 Å². The summed E-state index contributed by atoms with van der Waals surface area (Å²) in [5.41, 5.74) is 1.03. The maximum absolute atomic E-state index is 12.5. The molecule has 0 unspecified atom stereocenters. The predicted octanol–water partition coefficient (Wildman–Crippen LogP) is 1.67. The van der Waals surface area contributed by atoms with Gasteiger partial charge in [-0.25, -0.2) is 4.79 Å². The minimum Gasteiger partial charge on any atom is -0.454 e. The molecule has 2 aliphatic heterocycles. The highest BCUT2D eigenvalue weighted by Crippen LogP contribution is 2.32. The van der Waals surface area contributed by atoms with Crippen LogP contribution in [-0.4, -0.2) is 68.1 Å². The minimum absolute atomic E-state index is 0.0414. The summed E-state index contributed by atoms with van der Waals surface area (Å²) < 4.78 is 16.1. The molecule has 2 heterocycles. The molecule has 0 aromatic heterocycles. The second-order valence-electron chi connectivity index (χ2n) is 6.39. The van der Waals surface area contributed by atoms with Gasteiger partial charge >= 0.3 is 6.03 Å². The van der Waals surface area contributed by atoms with Crippen LogP contribution in [-0.2, 0) is 11.3 Å². The minimum atomic E-state index is -0.0414. The Morgan fingerprint density at radius 3 is 2.80 bits per heavy atom. The van der Waals surface area contributed by atoms with Crippen molar-refractivity contribution in [3.05, 3.63) is 23.8 Å². The van der Waals surface area contributed by atoms with Gasteiger partial charge in [0.15, 0.2) is 11.5 Å². The highest BCUT2D eigenvalue weighted by Gasteiger charge is 2.20. The number of hydrogen-bond acceptors (Lipinski definition) is 5. The van der Waals surface area contributed by atoms with Gasteiger partial charge in [0.05, 0.1) is 13.2 Å². The summed E-state index contributed by atoms with van der Waals surface area (Å²) in [5.74, 6) is 1.51. The Hall–Kier alpha value is -1.99. The number of nitrogens with zero attached hydrogens (tertiary/aromatic N) is 2. The average Bonchev–Trinajstić information content (AvgIpc) is 3.12. The van der Waals surface area contributed by atoms with Gasteiger partial charge in [-0.1, -0.05) is 6.07 Å². The molecule has 1 aromatic carbocycles. The lowest BCUT2D eigenvalue weighted by atomic mass is 10.2. The van der Waals surface area contributed by atoms with Crippen LogP contribution in [0.15, 0.2) is 18.2 Å². The number of ether oxygens (including phenoxy) is 3. The van der Waals surface area contributed by atoms with E-state index >= 15 is 0 Å². The van der Waals surface area contributed by atoms with Crippen LogP contribution in [0.1, 0.15) is 19.4 Å². The number of nitrogens with one attached hydrogen (secondary N) is 1. The lowest BCUT2D eigenvalue weighted by molar-refractivity contribution is 0.0206. The van der Waals surface area contributed by atoms with Gasteiger partial charge in [-0.2, -0.15) is 0 Å². The van der Waals surface area contributed by atoms with Crippen molar-refractivity contribution in [2.45, 2.75) is 26.4 Å². The van der Waals surface area contributed by atoms with Crippen molar-refractivity contribution in [1.29, 1.82) is 0 Å². The van der Waals surface area contributed by atoms with Crippen LogP contribution in [0.2, 0.25) is 0 Å². The van der Waals surface area contributed by atoms with Crippen LogP contribution in [0.25, 0.3) is 0 Å². The second kappa shape index (κ2) is 8.40. The molecule has 1 aromatic rings. The van der Waals surface area contributed by atoms with E-state index < -0.39 is 0 Å². The van der Waals surface area contributed by atoms with Gasteiger partial charge < -0.3 is 24.4 Å². The molecule has 1 saturated heterocycles. The summed E-state index contributed by atoms with van der Waals surface area (Å²) in [4.78, 5) is 16.7. The van der Waals surface area contributed by atoms with Crippen molar-refractivity contribution in [1.82, 2.24) is 15.1 Å². The summed E-state index contributed by atoms with van der Waals surface area (Å²) in [6, 6.07) is 6.07. The van der Waals surface area contributed by atoms with E-state index in [1.807, 2.05) is 25.1 Å². The summed E-state index contributed by atoms with van der Waals surface area (Å²) in [6.07, 6.45) is 0. The first kappa shape index (κ1) is 17.8. The fourth-order valence-corrected chi connectivity index (χ4v) is 3.08. The Kier molecular flexibility index (Phi) is 5.99. The third-order valence-electron chi connectivity index (χ3n) is 4.70. The maximum Gasteiger partial charge on any atom is 0.317 e. The Balaban J connectivity index is 1.50. The number of hydrogen-bond donors (Lipinski definition) is 1. The Morgan fingerprint density at radius 1 is 1.28 bits per heavy atom. The van der Waals surface area contributed by atoms with Gasteiger partial charge in [-0.15, -0.1) is 0 Å². The van der Waals surface area contributed by atoms with E-state index in [-0.39, 0.29) is 12.8 Å². The van der Waals surface area contributed by atoms with Gasteiger partial charge in [0.2, 0.25) is 6.79 Å². The average molecular weight is 349 g/mol. The molecule has 25 heavy (non-hydrogen) atoms. The van der Waals surface area contributed by atoms with Crippen molar-refractivity contribution in [2.75, 3.05) is 46.2 Å². The maximum atomic E-state index is 12.5. The molecule has 0 saturated carbocycles. The first-order valence-corrected chi connectivity index (χ1v) is 8.90. The van der Waals surface area contributed by atoms with E-state index in [4.69, 9.17) is 14.2 Å². The zero-order chi connectivity index (χ0) is 17.6. The zero-order valence-corrected chi connectivity index (χ0v) is 15.0. The molecule has 1 N–H and O–H groups in total. The number of morpholine rings is 1. The van der Waals surface area contributed by atoms with Crippen molar-refractivity contribution in [3.63, 3.8) is 0 Å². The Morgan fingerprint density at radius 2 is 2.04 bits per heavy atom. The lowest BCUT2D eigenvalue weighted by Crippen LogP contribution is -2.49. The second-order valence-corrected chi connectivity index (χ2v) is 6.39. The summed E-state index contributed by atoms with van der Waals surface area (Å²) in [6.45, 7) is 9.59. The predicted molar refractivity (Wildman–Crippen MR) is 93.9 cm³/mol. The third kappa shape index (κ3) is 4.55. The molecule has 0 spiro atoms. The summed E-state index contributed by atoms with van der Waals surface area (Å²) in [5, 5.41) is 3.05. The number of benzene rings is 1. The smallest absolute Gasteiger partial charge is 0.317 e. The van der Waals surface area contributed by atoms with Crippen LogP contribution in [0.5, 0.6) is 11.5 Å². The number of rotatable bonds is 6. The summed E-state index contributed by atoms with van der Waals surface area (Å²) >= 11 is 0. The fourth-order valence-electron chi connectivity index (χ4n) is 3.08. The molecule has 0 radical (unpaired) electrons. The number of fused-ring (bicyclic) bond motifs is 1. The van der Waals surface area contributed by atoms with Gasteiger partial charge in [0.25, 0.3) is 0 Å². The monoisotopic (exact) mass is 349 g/mol. The Labute approximate surface area is 148 Å². The molecule has 1 atom stereocenters. The third-order valence-corrected chi connectivity index (χ3v) is 4.70. The zero-order valence-electron chi connectivity index (χ0n) is 15.0. The first-order chi connectivity index (χ1) is 12.2. The Bertz CT molecular complexity index is 590. The number of carbonyl (C=O) groups is 1. The van der Waals surface area contributed by atoms with E-state index in [1.54, 1.807) is 4.90 Å². The van der Waals surface area contributed by atoms with E-state index in [0.717, 1.165) is 43.4 Å². The van der Waals surface area contributed by atoms with E-state index in [2.05, 4.69) is 17.1 Å². The van der Waals surface area contributed by atoms with Crippen molar-refractivity contribution >= 4 is 6.03 Å². The van der Waals surface area contributed by atoms with Crippen molar-refractivity contribution in [3.8, 4) is 11.5 Å². The van der Waals surface area contributed by atoms with Gasteiger partial charge in [-0.3, -0.25) is 4.90 Å². The standard InChI is InChI=1S/C18H27N3O4/c1-3-20(12-15-4-5-16-17(10-15)25-13-24-16)18(22)19-11-14(2)21-6-8-23-9-7-21/h4-5,10,14H,3,6-9,11-13H2,1-2H3,(H,19,22)/t14-/m0/s1. The quantitative estimate of drug-likeness (QED) is 0.846. The van der Waals surface area contributed by atoms with Crippen LogP contribution >= 0.6 is 0 Å². The van der Waals surface area contributed by atoms with Crippen LogP contribution in [0.4, 0.5) is 4.79 Å². The summed E-state index contributed by atoms with van der Waals surface area (Å²) in [7, 11) is 0. The number of carbonyl (C=O) groups excluding carboxylic acids is 1. The highest BCUT2D eigenvalue weighted by molar-refractivity contribution is 5.74. The highest BCUT2D eigenvalue weighted by atomic mass is 16.7. The largest absolute Gasteiger partial charge is 0.454 e. The van der Waals surface area contributed by atoms with Crippen LogP contribution in [0.3, 0.4) is 0 Å². The number of urea groups is 1. The van der Waals surface area contributed by atoms with Crippen LogP contribution in [0, 0.1) is 0 Å². The molecule has 3 rings (SSSR count). The number of amides is 2. The van der Waals surface area contributed by atoms with Gasteiger partial charge in [-0.05, 0) is 31.5 Å².